The molecule has 7 nitrogen and oxygen atoms in total. The van der Waals surface area contributed by atoms with Crippen molar-refractivity contribution in [3.05, 3.63) is 42.2 Å². The van der Waals surface area contributed by atoms with E-state index < -0.39 is 10.2 Å². The molecule has 2 aromatic heterocycles. The minimum Gasteiger partial charge on any atom is -0.304 e. The Morgan fingerprint density at radius 1 is 1.25 bits per heavy atom. The first kappa shape index (κ1) is 17.1. The summed E-state index contributed by atoms with van der Waals surface area (Å²) in [5.41, 5.74) is 1.93. The first-order valence-corrected chi connectivity index (χ1v) is 9.43. The van der Waals surface area contributed by atoms with Gasteiger partial charge < -0.3 is 4.57 Å². The van der Waals surface area contributed by atoms with Gasteiger partial charge in [0.05, 0.1) is 5.69 Å². The van der Waals surface area contributed by atoms with Crippen LogP contribution in [0.1, 0.15) is 30.3 Å². The first-order valence-electron chi connectivity index (χ1n) is 8.03. The molecule has 0 aromatic carbocycles. The van der Waals surface area contributed by atoms with E-state index >= 15 is 0 Å². The Kier molecular flexibility index (Phi) is 4.71. The number of hydrogen-bond donors (Lipinski definition) is 0. The molecule has 3 rings (SSSR count). The highest BCUT2D eigenvalue weighted by Crippen LogP contribution is 2.28. The van der Waals surface area contributed by atoms with Crippen molar-refractivity contribution in [2.75, 3.05) is 27.2 Å². The molecule has 8 heteroatoms. The molecule has 0 saturated carbocycles. The summed E-state index contributed by atoms with van der Waals surface area (Å²) in [6.07, 6.45) is 7.25. The maximum absolute atomic E-state index is 12.4. The molecule has 1 atom stereocenters. The van der Waals surface area contributed by atoms with E-state index in [9.17, 15) is 8.42 Å². The van der Waals surface area contributed by atoms with Crippen LogP contribution in [0, 0.1) is 6.92 Å². The maximum Gasteiger partial charge on any atom is 0.281 e. The lowest BCUT2D eigenvalue weighted by molar-refractivity contribution is 0.296. The second-order valence-corrected chi connectivity index (χ2v) is 8.41. The molecule has 3 heterocycles. The van der Waals surface area contributed by atoms with Crippen molar-refractivity contribution in [3.63, 3.8) is 0 Å². The van der Waals surface area contributed by atoms with E-state index in [1.54, 1.807) is 30.8 Å². The van der Waals surface area contributed by atoms with Gasteiger partial charge in [0.2, 0.25) is 0 Å². The van der Waals surface area contributed by atoms with E-state index in [0.717, 1.165) is 30.0 Å². The van der Waals surface area contributed by atoms with Crippen LogP contribution in [0.15, 0.2) is 30.7 Å². The van der Waals surface area contributed by atoms with Crippen LogP contribution in [0.4, 0.5) is 0 Å². The monoisotopic (exact) mass is 349 g/mol. The zero-order valence-corrected chi connectivity index (χ0v) is 15.1. The lowest BCUT2D eigenvalue weighted by Crippen LogP contribution is -2.45. The van der Waals surface area contributed by atoms with E-state index in [0.29, 0.717) is 13.1 Å². The van der Waals surface area contributed by atoms with Gasteiger partial charge in [-0.15, -0.1) is 0 Å². The normalized spacial score (nSPS) is 19.8. The number of aromatic nitrogens is 3. The average Bonchev–Trinajstić information content (AvgIpc) is 3.01. The van der Waals surface area contributed by atoms with E-state index in [1.165, 1.54) is 4.31 Å². The molecule has 24 heavy (non-hydrogen) atoms. The van der Waals surface area contributed by atoms with Crippen LogP contribution >= 0.6 is 0 Å². The Bertz CT molecular complexity index is 815. The molecule has 0 bridgehead atoms. The van der Waals surface area contributed by atoms with Crippen molar-refractivity contribution in [2.45, 2.75) is 25.7 Å². The second-order valence-electron chi connectivity index (χ2n) is 6.27. The molecular weight excluding hydrogens is 326 g/mol. The third-order valence-corrected chi connectivity index (χ3v) is 6.37. The standard InChI is InChI=1S/C16H23N5O2S/c1-13-17-8-10-21(13)15-6-7-18-16(11-15)14-5-4-9-20(12-14)24(22,23)19(2)3/h6-8,10-11,14H,4-5,9,12H2,1-3H3/t14-/m1/s1. The summed E-state index contributed by atoms with van der Waals surface area (Å²) in [5.74, 6) is 1.02. The fourth-order valence-corrected chi connectivity index (χ4v) is 4.27. The van der Waals surface area contributed by atoms with Gasteiger partial charge in [0.25, 0.3) is 10.2 Å². The molecule has 0 aliphatic carbocycles. The molecule has 0 N–H and O–H groups in total. The molecule has 0 unspecified atom stereocenters. The Hall–Kier alpha value is -1.77. The molecule has 1 aliphatic rings. The average molecular weight is 349 g/mol. The number of hydrogen-bond acceptors (Lipinski definition) is 4. The van der Waals surface area contributed by atoms with Gasteiger partial charge in [-0.05, 0) is 31.9 Å². The topological polar surface area (TPSA) is 71.3 Å². The zero-order valence-electron chi connectivity index (χ0n) is 14.3. The zero-order chi connectivity index (χ0) is 17.3. The lowest BCUT2D eigenvalue weighted by atomic mass is 9.95. The summed E-state index contributed by atoms with van der Waals surface area (Å²) >= 11 is 0. The molecule has 2 aromatic rings. The summed E-state index contributed by atoms with van der Waals surface area (Å²) < 4.78 is 29.6. The van der Waals surface area contributed by atoms with Crippen molar-refractivity contribution in [3.8, 4) is 5.69 Å². The van der Waals surface area contributed by atoms with Crippen LogP contribution in [-0.2, 0) is 10.2 Å². The fraction of sp³-hybridized carbons (Fsp3) is 0.500. The summed E-state index contributed by atoms with van der Waals surface area (Å²) in [7, 11) is -0.239. The van der Waals surface area contributed by atoms with Gasteiger partial charge in [-0.3, -0.25) is 4.98 Å². The van der Waals surface area contributed by atoms with E-state index in [1.807, 2.05) is 29.8 Å². The number of imidazole rings is 1. The van der Waals surface area contributed by atoms with Crippen molar-refractivity contribution < 1.29 is 8.42 Å². The molecule has 1 fully saturated rings. The number of piperidine rings is 1. The SMILES string of the molecule is Cc1nccn1-c1ccnc([C@@H]2CCCN(S(=O)(=O)N(C)C)C2)c1. The largest absolute Gasteiger partial charge is 0.304 e. The number of rotatable bonds is 4. The Balaban J connectivity index is 1.86. The Morgan fingerprint density at radius 3 is 2.71 bits per heavy atom. The van der Waals surface area contributed by atoms with E-state index in [-0.39, 0.29) is 5.92 Å². The van der Waals surface area contributed by atoms with Crippen LogP contribution in [0.3, 0.4) is 0 Å². The Labute approximate surface area is 143 Å². The number of aryl methyl sites for hydroxylation is 1. The van der Waals surface area contributed by atoms with Crippen LogP contribution in [0.25, 0.3) is 5.69 Å². The van der Waals surface area contributed by atoms with Crippen molar-refractivity contribution in [1.82, 2.24) is 23.1 Å². The van der Waals surface area contributed by atoms with Crippen molar-refractivity contribution >= 4 is 10.2 Å². The predicted octanol–water partition coefficient (Wildman–Crippen LogP) is 1.56. The summed E-state index contributed by atoms with van der Waals surface area (Å²) in [5, 5.41) is 0. The molecule has 0 amide bonds. The van der Waals surface area contributed by atoms with E-state index in [4.69, 9.17) is 0 Å². The first-order chi connectivity index (χ1) is 11.4. The molecule has 0 radical (unpaired) electrons. The minimum absolute atomic E-state index is 0.109. The summed E-state index contributed by atoms with van der Waals surface area (Å²) in [4.78, 5) is 8.74. The van der Waals surface area contributed by atoms with Crippen LogP contribution < -0.4 is 0 Å². The highest BCUT2D eigenvalue weighted by atomic mass is 32.2. The molecule has 0 spiro atoms. The third kappa shape index (κ3) is 3.22. The van der Waals surface area contributed by atoms with E-state index in [2.05, 4.69) is 9.97 Å². The predicted molar refractivity (Wildman–Crippen MR) is 92.3 cm³/mol. The maximum atomic E-state index is 12.4. The summed E-state index contributed by atoms with van der Waals surface area (Å²) in [6, 6.07) is 3.97. The quantitative estimate of drug-likeness (QED) is 0.840. The number of pyridine rings is 1. The van der Waals surface area contributed by atoms with Crippen LogP contribution in [0.5, 0.6) is 0 Å². The Morgan fingerprint density at radius 2 is 2.04 bits per heavy atom. The van der Waals surface area contributed by atoms with Gasteiger partial charge in [-0.1, -0.05) is 0 Å². The minimum atomic E-state index is -3.38. The highest BCUT2D eigenvalue weighted by molar-refractivity contribution is 7.86. The van der Waals surface area contributed by atoms with Crippen LogP contribution in [0.2, 0.25) is 0 Å². The van der Waals surface area contributed by atoms with Gasteiger partial charge in [-0.25, -0.2) is 4.98 Å². The molecular formula is C16H23N5O2S. The fourth-order valence-electron chi connectivity index (χ4n) is 3.08. The molecule has 130 valence electrons. The second kappa shape index (κ2) is 6.62. The molecule has 1 aliphatic heterocycles. The van der Waals surface area contributed by atoms with Gasteiger partial charge >= 0.3 is 0 Å². The number of nitrogens with zero attached hydrogens (tertiary/aromatic N) is 5. The van der Waals surface area contributed by atoms with Crippen LogP contribution in [-0.4, -0.2) is 58.7 Å². The summed E-state index contributed by atoms with van der Waals surface area (Å²) in [6.45, 7) is 2.99. The van der Waals surface area contributed by atoms with Gasteiger partial charge in [0, 0.05) is 57.4 Å². The van der Waals surface area contributed by atoms with Crippen molar-refractivity contribution in [2.24, 2.45) is 0 Å². The van der Waals surface area contributed by atoms with Gasteiger partial charge in [-0.2, -0.15) is 17.0 Å². The smallest absolute Gasteiger partial charge is 0.281 e. The molecule has 1 saturated heterocycles. The van der Waals surface area contributed by atoms with Crippen molar-refractivity contribution in [1.29, 1.82) is 0 Å². The van der Waals surface area contributed by atoms with Gasteiger partial charge in [0.1, 0.15) is 5.82 Å². The third-order valence-electron chi connectivity index (χ3n) is 4.46. The van der Waals surface area contributed by atoms with Gasteiger partial charge in [0.15, 0.2) is 0 Å². The highest BCUT2D eigenvalue weighted by Gasteiger charge is 2.31. The lowest BCUT2D eigenvalue weighted by Gasteiger charge is -2.33.